The topological polar surface area (TPSA) is 63.1 Å². The zero-order chi connectivity index (χ0) is 17.8. The Balaban J connectivity index is 1.43. The summed E-state index contributed by atoms with van der Waals surface area (Å²) in [4.78, 5) is 20.0. The van der Waals surface area contributed by atoms with E-state index in [1.54, 1.807) is 11.3 Å². The van der Waals surface area contributed by atoms with Crippen molar-refractivity contribution in [2.45, 2.75) is 52.5 Å². The molecule has 2 aromatic rings. The second-order valence-corrected chi connectivity index (χ2v) is 7.90. The molecule has 6 nitrogen and oxygen atoms in total. The van der Waals surface area contributed by atoms with E-state index in [4.69, 9.17) is 0 Å². The molecule has 7 heteroatoms. The van der Waals surface area contributed by atoms with Gasteiger partial charge < -0.3 is 10.2 Å². The molecular formula is C18H27N5OS. The van der Waals surface area contributed by atoms with Crippen LogP contribution in [-0.4, -0.2) is 45.3 Å². The Morgan fingerprint density at radius 1 is 1.36 bits per heavy atom. The normalized spacial score (nSPS) is 15.6. The molecule has 1 N–H and O–H groups in total. The number of likely N-dealkylation sites (tertiary alicyclic amines) is 1. The Kier molecular flexibility index (Phi) is 5.73. The van der Waals surface area contributed by atoms with Crippen LogP contribution in [0, 0.1) is 13.8 Å². The number of carbonyl (C=O) groups is 1. The number of carbonyl (C=O) groups excluding carboxylic acids is 1. The van der Waals surface area contributed by atoms with Crippen LogP contribution >= 0.6 is 11.3 Å². The van der Waals surface area contributed by atoms with Gasteiger partial charge in [-0.2, -0.15) is 5.10 Å². The predicted molar refractivity (Wildman–Crippen MR) is 100 cm³/mol. The third kappa shape index (κ3) is 4.39. The molecule has 0 atom stereocenters. The number of piperidine rings is 1. The Bertz CT molecular complexity index is 715. The summed E-state index contributed by atoms with van der Waals surface area (Å²) in [7, 11) is 0. The molecule has 1 fully saturated rings. The molecular weight excluding hydrogens is 334 g/mol. The van der Waals surface area contributed by atoms with Crippen LogP contribution in [0.1, 0.15) is 46.8 Å². The summed E-state index contributed by atoms with van der Waals surface area (Å²) in [5, 5.41) is 8.51. The average molecular weight is 362 g/mol. The van der Waals surface area contributed by atoms with Crippen molar-refractivity contribution in [1.82, 2.24) is 25.0 Å². The van der Waals surface area contributed by atoms with E-state index < -0.39 is 0 Å². The van der Waals surface area contributed by atoms with Crippen LogP contribution in [0.15, 0.2) is 12.4 Å². The lowest BCUT2D eigenvalue weighted by Gasteiger charge is -2.31. The fourth-order valence-corrected chi connectivity index (χ4v) is 4.32. The predicted octanol–water partition coefficient (Wildman–Crippen LogP) is 3.11. The van der Waals surface area contributed by atoms with Crippen molar-refractivity contribution in [1.29, 1.82) is 0 Å². The van der Waals surface area contributed by atoms with Gasteiger partial charge in [0.25, 0.3) is 0 Å². The quantitative estimate of drug-likeness (QED) is 0.890. The fourth-order valence-electron chi connectivity index (χ4n) is 3.38. The van der Waals surface area contributed by atoms with Gasteiger partial charge in [-0.05, 0) is 45.1 Å². The number of rotatable bonds is 5. The molecule has 0 aliphatic carbocycles. The van der Waals surface area contributed by atoms with Crippen LogP contribution in [0.5, 0.6) is 0 Å². The molecule has 0 unspecified atom stereocenters. The van der Waals surface area contributed by atoms with Crippen LogP contribution in [0.2, 0.25) is 0 Å². The number of amides is 2. The van der Waals surface area contributed by atoms with Gasteiger partial charge in [0.2, 0.25) is 0 Å². The molecule has 2 aromatic heterocycles. The summed E-state index contributed by atoms with van der Waals surface area (Å²) in [5.74, 6) is 0.521. The monoisotopic (exact) mass is 361 g/mol. The molecule has 0 radical (unpaired) electrons. The number of hydrogen-bond acceptors (Lipinski definition) is 4. The van der Waals surface area contributed by atoms with Gasteiger partial charge in [0.1, 0.15) is 0 Å². The van der Waals surface area contributed by atoms with Gasteiger partial charge in [-0.3, -0.25) is 4.68 Å². The molecule has 1 aliphatic heterocycles. The first-order valence-corrected chi connectivity index (χ1v) is 9.86. The fraction of sp³-hybridized carbons (Fsp3) is 0.611. The minimum absolute atomic E-state index is 0.0570. The van der Waals surface area contributed by atoms with E-state index in [0.29, 0.717) is 12.5 Å². The van der Waals surface area contributed by atoms with Crippen LogP contribution in [0.4, 0.5) is 4.79 Å². The number of nitrogens with zero attached hydrogens (tertiary/aromatic N) is 4. The van der Waals surface area contributed by atoms with E-state index >= 15 is 0 Å². The first kappa shape index (κ1) is 17.9. The van der Waals surface area contributed by atoms with Crippen molar-refractivity contribution >= 4 is 17.4 Å². The summed E-state index contributed by atoms with van der Waals surface area (Å²) in [6, 6.07) is 0.0570. The van der Waals surface area contributed by atoms with Crippen LogP contribution < -0.4 is 5.32 Å². The van der Waals surface area contributed by atoms with E-state index in [0.717, 1.165) is 49.6 Å². The minimum Gasteiger partial charge on any atom is -0.338 e. The van der Waals surface area contributed by atoms with Gasteiger partial charge >= 0.3 is 6.03 Å². The molecule has 25 heavy (non-hydrogen) atoms. The minimum atomic E-state index is 0.0570. The Hall–Kier alpha value is -1.89. The van der Waals surface area contributed by atoms with Gasteiger partial charge in [-0.1, -0.05) is 0 Å². The third-order valence-electron chi connectivity index (χ3n) is 4.86. The zero-order valence-corrected chi connectivity index (χ0v) is 16.1. The molecule has 0 bridgehead atoms. The highest BCUT2D eigenvalue weighted by Gasteiger charge is 2.24. The van der Waals surface area contributed by atoms with Crippen molar-refractivity contribution < 1.29 is 4.79 Å². The SMILES string of the molecule is CCn1cc(C2CCN(C(=O)NCCc3sc(C)nc3C)CC2)cn1. The van der Waals surface area contributed by atoms with Crippen molar-refractivity contribution in [3.05, 3.63) is 33.5 Å². The van der Waals surface area contributed by atoms with Gasteiger partial charge in [-0.25, -0.2) is 9.78 Å². The van der Waals surface area contributed by atoms with E-state index in [1.807, 2.05) is 29.6 Å². The lowest BCUT2D eigenvalue weighted by molar-refractivity contribution is 0.181. The lowest BCUT2D eigenvalue weighted by atomic mass is 9.92. The van der Waals surface area contributed by atoms with Crippen LogP contribution in [0.25, 0.3) is 0 Å². The molecule has 136 valence electrons. The van der Waals surface area contributed by atoms with Gasteiger partial charge in [0, 0.05) is 43.7 Å². The van der Waals surface area contributed by atoms with Crippen LogP contribution in [-0.2, 0) is 13.0 Å². The first-order valence-electron chi connectivity index (χ1n) is 9.05. The van der Waals surface area contributed by atoms with E-state index in [2.05, 4.69) is 28.5 Å². The Morgan fingerprint density at radius 2 is 2.12 bits per heavy atom. The molecule has 0 aromatic carbocycles. The number of aromatic nitrogens is 3. The highest BCUT2D eigenvalue weighted by atomic mass is 32.1. The molecule has 2 amide bonds. The standard InChI is InChI=1S/C18H27N5OS/c1-4-23-12-16(11-20-23)15-6-9-22(10-7-15)18(24)19-8-5-17-13(2)21-14(3)25-17/h11-12,15H,4-10H2,1-3H3,(H,19,24). The molecule has 1 aliphatic rings. The molecule has 3 rings (SSSR count). The highest BCUT2D eigenvalue weighted by molar-refractivity contribution is 7.11. The van der Waals surface area contributed by atoms with E-state index in [1.165, 1.54) is 10.4 Å². The smallest absolute Gasteiger partial charge is 0.317 e. The van der Waals surface area contributed by atoms with Gasteiger partial charge in [-0.15, -0.1) is 11.3 Å². The second-order valence-electron chi connectivity index (χ2n) is 6.61. The molecule has 3 heterocycles. The van der Waals surface area contributed by atoms with E-state index in [-0.39, 0.29) is 6.03 Å². The van der Waals surface area contributed by atoms with E-state index in [9.17, 15) is 4.79 Å². The summed E-state index contributed by atoms with van der Waals surface area (Å²) in [5.41, 5.74) is 2.39. The summed E-state index contributed by atoms with van der Waals surface area (Å²) in [6.07, 6.45) is 6.99. The van der Waals surface area contributed by atoms with Crippen molar-refractivity contribution in [2.24, 2.45) is 0 Å². The Labute approximate surface area is 153 Å². The number of nitrogens with one attached hydrogen (secondary N) is 1. The van der Waals surface area contributed by atoms with Crippen molar-refractivity contribution in [2.75, 3.05) is 19.6 Å². The number of thiazole rings is 1. The Morgan fingerprint density at radius 3 is 2.72 bits per heavy atom. The largest absolute Gasteiger partial charge is 0.338 e. The lowest BCUT2D eigenvalue weighted by Crippen LogP contribution is -2.44. The maximum atomic E-state index is 12.4. The number of aryl methyl sites for hydroxylation is 3. The number of hydrogen-bond donors (Lipinski definition) is 1. The molecule has 0 spiro atoms. The van der Waals surface area contributed by atoms with Crippen molar-refractivity contribution in [3.63, 3.8) is 0 Å². The summed E-state index contributed by atoms with van der Waals surface area (Å²) >= 11 is 1.72. The summed E-state index contributed by atoms with van der Waals surface area (Å²) in [6.45, 7) is 9.35. The van der Waals surface area contributed by atoms with Gasteiger partial charge in [0.05, 0.1) is 16.9 Å². The maximum Gasteiger partial charge on any atom is 0.317 e. The molecule has 0 saturated carbocycles. The number of urea groups is 1. The second kappa shape index (κ2) is 7.99. The van der Waals surface area contributed by atoms with Crippen molar-refractivity contribution in [3.8, 4) is 0 Å². The van der Waals surface area contributed by atoms with Crippen LogP contribution in [0.3, 0.4) is 0 Å². The zero-order valence-electron chi connectivity index (χ0n) is 15.3. The average Bonchev–Trinajstić information content (AvgIpc) is 3.21. The summed E-state index contributed by atoms with van der Waals surface area (Å²) < 4.78 is 1.97. The third-order valence-corrected chi connectivity index (χ3v) is 5.99. The first-order chi connectivity index (χ1) is 12.1. The highest BCUT2D eigenvalue weighted by Crippen LogP contribution is 2.27. The maximum absolute atomic E-state index is 12.4. The molecule has 1 saturated heterocycles. The van der Waals surface area contributed by atoms with Gasteiger partial charge in [0.15, 0.2) is 0 Å².